The third kappa shape index (κ3) is 5.02. The monoisotopic (exact) mass is 288 g/mol. The zero-order valence-electron chi connectivity index (χ0n) is 8.56. The molecule has 96 valence electrons. The quantitative estimate of drug-likeness (QED) is 0.602. The molecule has 0 spiro atoms. The lowest BCUT2D eigenvalue weighted by atomic mass is 10.2. The summed E-state index contributed by atoms with van der Waals surface area (Å²) < 4.78 is 43.7. The largest absolute Gasteiger partial charge is 0.522 e. The van der Waals surface area contributed by atoms with Crippen molar-refractivity contribution in [3.63, 3.8) is 0 Å². The molecule has 0 radical (unpaired) electrons. The van der Waals surface area contributed by atoms with Crippen molar-refractivity contribution < 1.29 is 22.6 Å². The number of ether oxygens (including phenoxy) is 2. The summed E-state index contributed by atoms with van der Waals surface area (Å²) in [6, 6.07) is 4.83. The van der Waals surface area contributed by atoms with Gasteiger partial charge in [0.15, 0.2) is 0 Å². The molecule has 17 heavy (non-hydrogen) atoms. The minimum Gasteiger partial charge on any atom is -0.491 e. The first kappa shape index (κ1) is 14.4. The number of alkyl halides is 4. The Morgan fingerprint density at radius 3 is 2.47 bits per heavy atom. The van der Waals surface area contributed by atoms with E-state index in [4.69, 9.17) is 27.9 Å². The predicted molar refractivity (Wildman–Crippen MR) is 58.5 cm³/mol. The first-order valence-electron chi connectivity index (χ1n) is 4.61. The van der Waals surface area contributed by atoms with E-state index in [0.717, 1.165) is 0 Å². The molecule has 0 fully saturated rings. The van der Waals surface area contributed by atoms with Crippen LogP contribution in [0.4, 0.5) is 13.2 Å². The molecule has 0 heterocycles. The summed E-state index contributed by atoms with van der Waals surface area (Å²) in [6.07, 6.45) is -4.65. The maximum Gasteiger partial charge on any atom is 0.522 e. The highest BCUT2D eigenvalue weighted by molar-refractivity contribution is 6.32. The Morgan fingerprint density at radius 1 is 1.18 bits per heavy atom. The van der Waals surface area contributed by atoms with Crippen molar-refractivity contribution >= 4 is 23.2 Å². The van der Waals surface area contributed by atoms with Crippen LogP contribution < -0.4 is 4.74 Å². The fraction of sp³-hybridized carbons (Fsp3) is 0.400. The Balaban J connectivity index is 2.49. The zero-order valence-corrected chi connectivity index (χ0v) is 10.1. The summed E-state index contributed by atoms with van der Waals surface area (Å²) >= 11 is 11.5. The van der Waals surface area contributed by atoms with Crippen LogP contribution in [-0.4, -0.2) is 19.6 Å². The van der Waals surface area contributed by atoms with E-state index in [9.17, 15) is 13.2 Å². The average Bonchev–Trinajstić information content (AvgIpc) is 2.23. The Labute approximate surface area is 106 Å². The Hall–Kier alpha value is -0.650. The van der Waals surface area contributed by atoms with E-state index in [1.807, 2.05) is 0 Å². The van der Waals surface area contributed by atoms with Gasteiger partial charge in [-0.3, -0.25) is 4.74 Å². The van der Waals surface area contributed by atoms with Gasteiger partial charge in [-0.05, 0) is 12.1 Å². The van der Waals surface area contributed by atoms with Crippen LogP contribution in [-0.2, 0) is 10.6 Å². The van der Waals surface area contributed by atoms with Crippen LogP contribution in [0.5, 0.6) is 5.75 Å². The first-order valence-corrected chi connectivity index (χ1v) is 5.52. The van der Waals surface area contributed by atoms with E-state index < -0.39 is 13.0 Å². The Bertz CT molecular complexity index is 369. The third-order valence-corrected chi connectivity index (χ3v) is 2.44. The summed E-state index contributed by atoms with van der Waals surface area (Å²) in [5.74, 6) is 0.480. The second kappa shape index (κ2) is 6.33. The number of halogens is 5. The van der Waals surface area contributed by atoms with E-state index in [-0.39, 0.29) is 12.5 Å². The normalized spacial score (nSPS) is 11.6. The van der Waals surface area contributed by atoms with Crippen LogP contribution in [0.3, 0.4) is 0 Å². The van der Waals surface area contributed by atoms with E-state index in [1.54, 1.807) is 18.2 Å². The summed E-state index contributed by atoms with van der Waals surface area (Å²) in [4.78, 5) is 0. The van der Waals surface area contributed by atoms with Crippen molar-refractivity contribution in [3.05, 3.63) is 28.8 Å². The molecule has 2 nitrogen and oxygen atoms in total. The van der Waals surface area contributed by atoms with Gasteiger partial charge in [0, 0.05) is 10.6 Å². The van der Waals surface area contributed by atoms with Crippen molar-refractivity contribution in [1.29, 1.82) is 0 Å². The predicted octanol–water partition coefficient (Wildman–Crippen LogP) is 3.99. The van der Waals surface area contributed by atoms with Gasteiger partial charge in [-0.15, -0.1) is 24.8 Å². The molecule has 0 aliphatic heterocycles. The minimum absolute atomic E-state index is 0.120. The van der Waals surface area contributed by atoms with Gasteiger partial charge in [0.1, 0.15) is 12.4 Å². The maximum absolute atomic E-state index is 11.7. The molecule has 0 N–H and O–H groups in total. The molecular formula is C10H9Cl2F3O2. The summed E-state index contributed by atoms with van der Waals surface area (Å²) in [7, 11) is 0. The second-order valence-corrected chi connectivity index (χ2v) is 3.67. The maximum atomic E-state index is 11.7. The minimum atomic E-state index is -4.65. The molecule has 7 heteroatoms. The zero-order chi connectivity index (χ0) is 12.9. The van der Waals surface area contributed by atoms with E-state index in [1.165, 1.54) is 0 Å². The first-order chi connectivity index (χ1) is 7.94. The average molecular weight is 289 g/mol. The fourth-order valence-electron chi connectivity index (χ4n) is 1.11. The van der Waals surface area contributed by atoms with Gasteiger partial charge in [-0.2, -0.15) is 0 Å². The summed E-state index contributed by atoms with van der Waals surface area (Å²) in [5.41, 5.74) is 0.544. The fourth-order valence-corrected chi connectivity index (χ4v) is 1.69. The van der Waals surface area contributed by atoms with Crippen molar-refractivity contribution in [1.82, 2.24) is 0 Å². The Kier molecular flexibility index (Phi) is 5.36. The van der Waals surface area contributed by atoms with Crippen molar-refractivity contribution in [2.24, 2.45) is 0 Å². The molecule has 0 aromatic heterocycles. The van der Waals surface area contributed by atoms with E-state index in [0.29, 0.717) is 16.3 Å². The molecule has 0 aliphatic carbocycles. The van der Waals surface area contributed by atoms with Crippen LogP contribution in [0.1, 0.15) is 5.56 Å². The van der Waals surface area contributed by atoms with Gasteiger partial charge in [0.2, 0.25) is 0 Å². The smallest absolute Gasteiger partial charge is 0.491 e. The van der Waals surface area contributed by atoms with Crippen LogP contribution >= 0.6 is 23.2 Å². The topological polar surface area (TPSA) is 18.5 Å². The Morgan fingerprint density at radius 2 is 1.88 bits per heavy atom. The standard InChI is InChI=1S/C10H9Cl2F3O2/c11-6-7-8(12)2-1-3-9(7)16-4-5-17-10(13,14)15/h1-3H,4-6H2. The van der Waals surface area contributed by atoms with Gasteiger partial charge in [0.05, 0.1) is 12.5 Å². The lowest BCUT2D eigenvalue weighted by Crippen LogP contribution is -2.18. The SMILES string of the molecule is FC(F)(F)OCCOc1cccc(Cl)c1CCl. The molecule has 1 aromatic rings. The van der Waals surface area contributed by atoms with Crippen LogP contribution in [0.15, 0.2) is 18.2 Å². The number of benzene rings is 1. The van der Waals surface area contributed by atoms with Crippen LogP contribution in [0, 0.1) is 0 Å². The molecule has 1 rings (SSSR count). The third-order valence-electron chi connectivity index (χ3n) is 1.82. The van der Waals surface area contributed by atoms with Gasteiger partial charge in [-0.25, -0.2) is 0 Å². The number of hydrogen-bond acceptors (Lipinski definition) is 2. The lowest BCUT2D eigenvalue weighted by Gasteiger charge is -2.12. The lowest BCUT2D eigenvalue weighted by molar-refractivity contribution is -0.325. The van der Waals surface area contributed by atoms with Gasteiger partial charge >= 0.3 is 6.36 Å². The summed E-state index contributed by atoms with van der Waals surface area (Å²) in [5, 5.41) is 0.411. The van der Waals surface area contributed by atoms with E-state index >= 15 is 0 Å². The molecule has 1 aromatic carbocycles. The van der Waals surface area contributed by atoms with Crippen molar-refractivity contribution in [2.45, 2.75) is 12.2 Å². The molecule has 0 aliphatic rings. The number of rotatable bonds is 5. The van der Waals surface area contributed by atoms with Crippen LogP contribution in [0.2, 0.25) is 5.02 Å². The number of hydrogen-bond donors (Lipinski definition) is 0. The molecule has 0 saturated carbocycles. The molecule has 0 atom stereocenters. The highest BCUT2D eigenvalue weighted by Gasteiger charge is 2.28. The molecule has 0 unspecified atom stereocenters. The molecule has 0 bridgehead atoms. The van der Waals surface area contributed by atoms with Gasteiger partial charge in [0.25, 0.3) is 0 Å². The molecular weight excluding hydrogens is 280 g/mol. The summed E-state index contributed by atoms with van der Waals surface area (Å²) in [6.45, 7) is -0.818. The second-order valence-electron chi connectivity index (χ2n) is 2.99. The van der Waals surface area contributed by atoms with Crippen molar-refractivity contribution in [3.8, 4) is 5.75 Å². The van der Waals surface area contributed by atoms with Gasteiger partial charge < -0.3 is 4.74 Å². The molecule has 0 amide bonds. The van der Waals surface area contributed by atoms with Gasteiger partial charge in [-0.1, -0.05) is 17.7 Å². The van der Waals surface area contributed by atoms with E-state index in [2.05, 4.69) is 4.74 Å². The molecule has 0 saturated heterocycles. The highest BCUT2D eigenvalue weighted by Crippen LogP contribution is 2.28. The van der Waals surface area contributed by atoms with Crippen LogP contribution in [0.25, 0.3) is 0 Å². The highest BCUT2D eigenvalue weighted by atomic mass is 35.5. The van der Waals surface area contributed by atoms with Crippen molar-refractivity contribution in [2.75, 3.05) is 13.2 Å².